The zero-order valence-electron chi connectivity index (χ0n) is 7.03. The van der Waals surface area contributed by atoms with Crippen LogP contribution in [0.15, 0.2) is 0 Å². The van der Waals surface area contributed by atoms with Crippen LogP contribution >= 0.6 is 0 Å². The topological polar surface area (TPSA) is 73.5 Å². The second-order valence-electron chi connectivity index (χ2n) is 1.77. The van der Waals surface area contributed by atoms with E-state index in [1.54, 1.807) is 0 Å². The third-order valence-electron chi connectivity index (χ3n) is 1.25. The van der Waals surface area contributed by atoms with E-state index in [1.165, 1.54) is 32.1 Å². The van der Waals surface area contributed by atoms with Crippen molar-refractivity contribution in [3.05, 3.63) is 10.5 Å². The number of nitrogens with zero attached hydrogens (tertiary/aromatic N) is 1. The molecule has 0 atom stereocenters. The maximum Gasteiger partial charge on any atom is 0.106 e. The van der Waals surface area contributed by atoms with Crippen LogP contribution in [0.5, 0.6) is 0 Å². The van der Waals surface area contributed by atoms with Crippen LogP contribution in [0.25, 0.3) is 5.59 Å². The molecule has 0 bridgehead atoms. The molecule has 0 N–H and O–H groups in total. The summed E-state index contributed by atoms with van der Waals surface area (Å²) in [6, 6.07) is 0. The van der Waals surface area contributed by atoms with Gasteiger partial charge < -0.3 is 20.1 Å². The van der Waals surface area contributed by atoms with Crippen molar-refractivity contribution in [2.45, 2.75) is 39.5 Å². The molecular formula is C8H18MoNO3-. The molecule has 4 nitrogen and oxygen atoms in total. The maximum absolute atomic E-state index is 8.00. The van der Waals surface area contributed by atoms with Crippen molar-refractivity contribution in [1.29, 1.82) is 0 Å². The fourth-order valence-electron chi connectivity index (χ4n) is 0.884. The van der Waals surface area contributed by atoms with Crippen LogP contribution in [0.2, 0.25) is 0 Å². The summed E-state index contributed by atoms with van der Waals surface area (Å²) < 4.78 is 0. The van der Waals surface area contributed by atoms with Crippen LogP contribution in [0.3, 0.4) is 0 Å². The van der Waals surface area contributed by atoms with Gasteiger partial charge in [-0.1, -0.05) is 39.5 Å². The van der Waals surface area contributed by atoms with Crippen molar-refractivity contribution in [2.75, 3.05) is 0 Å². The van der Waals surface area contributed by atoms with E-state index < -0.39 is 0 Å². The predicted molar refractivity (Wildman–Crippen MR) is 50.8 cm³/mol. The van der Waals surface area contributed by atoms with Gasteiger partial charge in [0.1, 0.15) is 13.6 Å². The van der Waals surface area contributed by atoms with E-state index in [4.69, 9.17) is 20.1 Å². The number of carbonyl (C=O) groups excluding carboxylic acids is 2. The normalized spacial score (nSPS) is 10.2. The van der Waals surface area contributed by atoms with Crippen LogP contribution < -0.4 is 0 Å². The van der Waals surface area contributed by atoms with Gasteiger partial charge >= 0.3 is 0 Å². The predicted octanol–water partition coefficient (Wildman–Crippen LogP) is 2.54. The molecule has 0 aromatic rings. The fraction of sp³-hybridized carbons (Fsp3) is 0.750. The summed E-state index contributed by atoms with van der Waals surface area (Å²) in [6.45, 7) is 4.00. The molecule has 0 saturated heterocycles. The van der Waals surface area contributed by atoms with Gasteiger partial charge in [-0.05, 0) is 0 Å². The van der Waals surface area contributed by atoms with Gasteiger partial charge in [-0.15, -0.1) is 0 Å². The van der Waals surface area contributed by atoms with Gasteiger partial charge in [-0.3, -0.25) is 0 Å². The molecule has 1 aliphatic carbocycles. The van der Waals surface area contributed by atoms with Gasteiger partial charge in [-0.2, -0.15) is 0 Å². The summed E-state index contributed by atoms with van der Waals surface area (Å²) in [4.78, 5) is 23.2. The molecule has 0 heterocycles. The van der Waals surface area contributed by atoms with E-state index in [1.807, 2.05) is 13.6 Å². The van der Waals surface area contributed by atoms with Crippen molar-refractivity contribution in [2.24, 2.45) is 0 Å². The SMILES string of the molecule is C.C1CCCC1.C=O.C=O.[Mo].[N-]=O. The van der Waals surface area contributed by atoms with E-state index in [2.05, 4.69) is 0 Å². The fourth-order valence-corrected chi connectivity index (χ4v) is 0.884. The van der Waals surface area contributed by atoms with Crippen LogP contribution in [0, 0.1) is 4.91 Å². The molecule has 1 aliphatic rings. The van der Waals surface area contributed by atoms with Crippen molar-refractivity contribution in [3.63, 3.8) is 0 Å². The molecule has 0 unspecified atom stereocenters. The molecule has 0 aromatic heterocycles. The van der Waals surface area contributed by atoms with Gasteiger partial charge in [0.25, 0.3) is 0 Å². The Balaban J connectivity index is -0.0000000239. The molecule has 0 amide bonds. The van der Waals surface area contributed by atoms with E-state index in [0.717, 1.165) is 0 Å². The summed E-state index contributed by atoms with van der Waals surface area (Å²) in [5.41, 5.74) is 5.75. The molecule has 5 heteroatoms. The number of rotatable bonds is 0. The molecule has 13 heavy (non-hydrogen) atoms. The first-order valence-corrected chi connectivity index (χ1v) is 3.26. The van der Waals surface area contributed by atoms with E-state index in [0.29, 0.717) is 0 Å². The average Bonchev–Trinajstić information content (AvgIpc) is 2.71. The molecule has 0 radical (unpaired) electrons. The van der Waals surface area contributed by atoms with Crippen LogP contribution in [0.1, 0.15) is 39.5 Å². The van der Waals surface area contributed by atoms with Crippen molar-refractivity contribution in [1.82, 2.24) is 0 Å². The van der Waals surface area contributed by atoms with Gasteiger partial charge in [0.2, 0.25) is 0 Å². The van der Waals surface area contributed by atoms with Gasteiger partial charge in [0, 0.05) is 21.1 Å². The second kappa shape index (κ2) is 61.3. The molecule has 80 valence electrons. The first-order chi connectivity index (χ1) is 5.50. The zero-order chi connectivity index (χ0) is 9.54. The first-order valence-electron chi connectivity index (χ1n) is 3.26. The number of hydrogen-bond donors (Lipinski definition) is 0. The standard InChI is InChI=1S/C5H10.2CH2O.CH4.Mo.NO/c1-2-4-5-3-1;2*1-2;;;1-2/h1-5H2;2*1H2;1H4;;/q;;;;;-1. The van der Waals surface area contributed by atoms with E-state index >= 15 is 0 Å². The Morgan fingerprint density at radius 2 is 0.769 bits per heavy atom. The van der Waals surface area contributed by atoms with Crippen LogP contribution in [0.4, 0.5) is 0 Å². The number of nitroso groups, excluding NO2 is 1. The summed E-state index contributed by atoms with van der Waals surface area (Å²) >= 11 is 0. The molecule has 0 aliphatic heterocycles. The van der Waals surface area contributed by atoms with Gasteiger partial charge in [0.15, 0.2) is 0 Å². The molecule has 0 aromatic carbocycles. The Hall–Kier alpha value is -0.372. The van der Waals surface area contributed by atoms with E-state index in [9.17, 15) is 0 Å². The molecular weight excluding hydrogens is 254 g/mol. The smallest absolute Gasteiger partial charge is 0.106 e. The Bertz CT molecular complexity index is 51.0. The Kier molecular flexibility index (Phi) is 138. The van der Waals surface area contributed by atoms with Crippen molar-refractivity contribution < 1.29 is 30.7 Å². The molecule has 0 spiro atoms. The third-order valence-corrected chi connectivity index (χ3v) is 1.25. The second-order valence-corrected chi connectivity index (χ2v) is 1.77. The summed E-state index contributed by atoms with van der Waals surface area (Å²) in [5.74, 6) is 0. The Morgan fingerprint density at radius 1 is 0.692 bits per heavy atom. The summed E-state index contributed by atoms with van der Waals surface area (Å²) in [6.07, 6.45) is 7.50. The summed E-state index contributed by atoms with van der Waals surface area (Å²) in [5, 5.41) is 0. The Labute approximate surface area is 94.5 Å². The van der Waals surface area contributed by atoms with E-state index in [-0.39, 0.29) is 28.5 Å². The maximum atomic E-state index is 8.00. The third kappa shape index (κ3) is 50.3. The minimum absolute atomic E-state index is 0. The number of hydrogen-bond acceptors (Lipinski definition) is 3. The van der Waals surface area contributed by atoms with Crippen molar-refractivity contribution in [3.8, 4) is 0 Å². The van der Waals surface area contributed by atoms with Crippen LogP contribution in [-0.2, 0) is 30.7 Å². The monoisotopic (exact) mass is 274 g/mol. The number of carbonyl (C=O) groups is 2. The molecule has 1 saturated carbocycles. The first kappa shape index (κ1) is 29.3. The minimum atomic E-state index is 0. The minimum Gasteiger partial charge on any atom is -0.577 e. The zero-order valence-corrected chi connectivity index (χ0v) is 9.04. The average molecular weight is 272 g/mol. The summed E-state index contributed by atoms with van der Waals surface area (Å²) in [7, 11) is 0. The quantitative estimate of drug-likeness (QED) is 0.636. The van der Waals surface area contributed by atoms with Crippen LogP contribution in [-0.4, -0.2) is 13.6 Å². The largest absolute Gasteiger partial charge is 0.577 e. The Morgan fingerprint density at radius 3 is 0.846 bits per heavy atom. The molecule has 1 fully saturated rings. The van der Waals surface area contributed by atoms with Gasteiger partial charge in [-0.25, -0.2) is 0 Å². The van der Waals surface area contributed by atoms with Crippen molar-refractivity contribution >= 4 is 13.6 Å². The van der Waals surface area contributed by atoms with Gasteiger partial charge in [0.05, 0.1) is 0 Å². The molecule has 1 rings (SSSR count).